The summed E-state index contributed by atoms with van der Waals surface area (Å²) < 4.78 is 32.3. The van der Waals surface area contributed by atoms with Gasteiger partial charge in [0.15, 0.2) is 0 Å². The lowest BCUT2D eigenvalue weighted by Crippen LogP contribution is -2.48. The molecule has 0 aromatic heterocycles. The topological polar surface area (TPSA) is 104 Å². The normalized spacial score (nSPS) is 16.9. The van der Waals surface area contributed by atoms with Crippen molar-refractivity contribution in [2.45, 2.75) is 44.4 Å². The van der Waals surface area contributed by atoms with Crippen LogP contribution in [0.5, 0.6) is 5.75 Å². The summed E-state index contributed by atoms with van der Waals surface area (Å²) in [5.74, 6) is -2.86. The Balaban J connectivity index is 2.28. The highest BCUT2D eigenvalue weighted by Crippen LogP contribution is 2.28. The van der Waals surface area contributed by atoms with Crippen molar-refractivity contribution in [3.8, 4) is 5.75 Å². The van der Waals surface area contributed by atoms with Gasteiger partial charge >= 0.3 is 5.97 Å². The molecule has 0 unspecified atom stereocenters. The van der Waals surface area contributed by atoms with Gasteiger partial charge in [0, 0.05) is 26.7 Å². The van der Waals surface area contributed by atoms with Crippen molar-refractivity contribution in [3.05, 3.63) is 24.3 Å². The van der Waals surface area contributed by atoms with Gasteiger partial charge in [0.05, 0.1) is 12.0 Å². The summed E-state index contributed by atoms with van der Waals surface area (Å²) in [4.78, 5) is 27.0. The SMILES string of the molecule is COc1ccc(S(=O)(=O)N(C)C[C@H](CC(C)C)[C@H](C(=O)O)C(=O)N2CCCCC2)cc1. The number of carboxylic acids is 1. The van der Waals surface area contributed by atoms with Crippen LogP contribution in [0, 0.1) is 17.8 Å². The molecular weight excluding hydrogens is 420 g/mol. The lowest BCUT2D eigenvalue weighted by Gasteiger charge is -2.34. The van der Waals surface area contributed by atoms with Crippen LogP contribution in [-0.4, -0.2) is 68.4 Å². The molecule has 1 heterocycles. The first-order chi connectivity index (χ1) is 14.6. The third-order valence-corrected chi connectivity index (χ3v) is 7.54. The van der Waals surface area contributed by atoms with Crippen LogP contribution in [0.1, 0.15) is 39.5 Å². The predicted molar refractivity (Wildman–Crippen MR) is 117 cm³/mol. The number of carboxylic acid groups (broad SMARTS) is 1. The number of amides is 1. The molecule has 174 valence electrons. The van der Waals surface area contributed by atoms with Gasteiger partial charge in [-0.05, 0) is 61.8 Å². The molecule has 0 aliphatic carbocycles. The number of sulfonamides is 1. The first-order valence-corrected chi connectivity index (χ1v) is 12.1. The average molecular weight is 455 g/mol. The summed E-state index contributed by atoms with van der Waals surface area (Å²) in [7, 11) is -0.919. The van der Waals surface area contributed by atoms with E-state index in [1.807, 2.05) is 13.8 Å². The van der Waals surface area contributed by atoms with E-state index in [0.717, 1.165) is 23.6 Å². The molecule has 1 aromatic carbocycles. The fourth-order valence-corrected chi connectivity index (χ4v) is 5.33. The van der Waals surface area contributed by atoms with Gasteiger partial charge in [-0.1, -0.05) is 13.8 Å². The highest BCUT2D eigenvalue weighted by atomic mass is 32.2. The van der Waals surface area contributed by atoms with E-state index in [9.17, 15) is 23.1 Å². The van der Waals surface area contributed by atoms with Crippen molar-refractivity contribution >= 4 is 21.9 Å². The summed E-state index contributed by atoms with van der Waals surface area (Å²) in [5, 5.41) is 9.92. The Morgan fingerprint density at radius 1 is 1.13 bits per heavy atom. The Bertz CT molecular complexity index is 847. The number of nitrogens with zero attached hydrogens (tertiary/aromatic N) is 2. The van der Waals surface area contributed by atoms with E-state index in [4.69, 9.17) is 4.74 Å². The Kier molecular flexibility index (Phi) is 8.88. The lowest BCUT2D eigenvalue weighted by molar-refractivity contribution is -0.154. The summed E-state index contributed by atoms with van der Waals surface area (Å²) in [6.45, 7) is 4.93. The summed E-state index contributed by atoms with van der Waals surface area (Å²) >= 11 is 0. The maximum atomic E-state index is 13.1. The molecule has 31 heavy (non-hydrogen) atoms. The van der Waals surface area contributed by atoms with Crippen LogP contribution in [0.15, 0.2) is 29.2 Å². The molecular formula is C22H34N2O6S. The number of piperidine rings is 1. The third kappa shape index (κ3) is 6.43. The molecule has 1 N–H and O–H groups in total. The van der Waals surface area contributed by atoms with E-state index in [0.29, 0.717) is 25.3 Å². The molecule has 0 radical (unpaired) electrons. The molecule has 9 heteroatoms. The van der Waals surface area contributed by atoms with Gasteiger partial charge in [0.1, 0.15) is 11.7 Å². The smallest absolute Gasteiger partial charge is 0.316 e. The van der Waals surface area contributed by atoms with Crippen LogP contribution in [0.2, 0.25) is 0 Å². The minimum atomic E-state index is -3.84. The summed E-state index contributed by atoms with van der Waals surface area (Å²) in [5.41, 5.74) is 0. The monoisotopic (exact) mass is 454 g/mol. The molecule has 0 spiro atoms. The van der Waals surface area contributed by atoms with E-state index in [1.54, 1.807) is 17.0 Å². The Hall–Kier alpha value is -2.13. The molecule has 1 fully saturated rings. The number of carbonyl (C=O) groups excluding carboxylic acids is 1. The summed E-state index contributed by atoms with van der Waals surface area (Å²) in [6, 6.07) is 6.03. The maximum Gasteiger partial charge on any atom is 0.316 e. The van der Waals surface area contributed by atoms with Crippen molar-refractivity contribution in [1.29, 1.82) is 0 Å². The molecule has 1 aliphatic rings. The lowest BCUT2D eigenvalue weighted by atomic mass is 9.84. The second-order valence-corrected chi connectivity index (χ2v) is 10.6. The zero-order chi connectivity index (χ0) is 23.2. The highest BCUT2D eigenvalue weighted by molar-refractivity contribution is 7.89. The number of rotatable bonds is 10. The number of carbonyl (C=O) groups is 2. The Labute approximate surface area is 185 Å². The molecule has 1 aromatic rings. The number of benzene rings is 1. The minimum Gasteiger partial charge on any atom is -0.497 e. The van der Waals surface area contributed by atoms with Crippen LogP contribution in [0.4, 0.5) is 0 Å². The standard InChI is InChI=1S/C22H34N2O6S/c1-16(2)14-17(20(22(26)27)21(25)24-12-6-5-7-13-24)15-23(3)31(28,29)19-10-8-18(30-4)9-11-19/h8-11,16-17,20H,5-7,12-15H2,1-4H3,(H,26,27)/t17-,20-/m0/s1. The third-order valence-electron chi connectivity index (χ3n) is 5.70. The van der Waals surface area contributed by atoms with E-state index >= 15 is 0 Å². The van der Waals surface area contributed by atoms with Crippen molar-refractivity contribution in [1.82, 2.24) is 9.21 Å². The minimum absolute atomic E-state index is 0.0525. The zero-order valence-electron chi connectivity index (χ0n) is 18.8. The van der Waals surface area contributed by atoms with E-state index < -0.39 is 33.7 Å². The Morgan fingerprint density at radius 2 is 1.71 bits per heavy atom. The largest absolute Gasteiger partial charge is 0.497 e. The van der Waals surface area contributed by atoms with Crippen LogP contribution in [0.25, 0.3) is 0 Å². The van der Waals surface area contributed by atoms with Crippen LogP contribution in [0.3, 0.4) is 0 Å². The van der Waals surface area contributed by atoms with Gasteiger partial charge < -0.3 is 14.7 Å². The first-order valence-electron chi connectivity index (χ1n) is 10.7. The molecule has 2 rings (SSSR count). The number of ether oxygens (including phenoxy) is 1. The van der Waals surface area contributed by atoms with Gasteiger partial charge in [-0.2, -0.15) is 0 Å². The molecule has 1 amide bonds. The molecule has 0 saturated carbocycles. The molecule has 8 nitrogen and oxygen atoms in total. The zero-order valence-corrected chi connectivity index (χ0v) is 19.6. The molecule has 2 atom stereocenters. The Morgan fingerprint density at radius 3 is 2.19 bits per heavy atom. The van der Waals surface area contributed by atoms with Crippen molar-refractivity contribution in [2.75, 3.05) is 33.8 Å². The fraction of sp³-hybridized carbons (Fsp3) is 0.636. The van der Waals surface area contributed by atoms with Gasteiger partial charge in [0.25, 0.3) is 0 Å². The fourth-order valence-electron chi connectivity index (χ4n) is 4.10. The van der Waals surface area contributed by atoms with Crippen LogP contribution < -0.4 is 4.74 Å². The number of aliphatic carboxylic acids is 1. The number of likely N-dealkylation sites (tertiary alicyclic amines) is 1. The first kappa shape index (κ1) is 25.1. The van der Waals surface area contributed by atoms with Crippen molar-refractivity contribution < 1.29 is 27.9 Å². The predicted octanol–water partition coefficient (Wildman–Crippen LogP) is 2.69. The molecule has 1 aliphatic heterocycles. The van der Waals surface area contributed by atoms with Crippen LogP contribution in [-0.2, 0) is 19.6 Å². The van der Waals surface area contributed by atoms with Crippen molar-refractivity contribution in [3.63, 3.8) is 0 Å². The van der Waals surface area contributed by atoms with E-state index in [-0.39, 0.29) is 17.4 Å². The van der Waals surface area contributed by atoms with Gasteiger partial charge in [-0.3, -0.25) is 9.59 Å². The number of hydrogen-bond acceptors (Lipinski definition) is 5. The van der Waals surface area contributed by atoms with Gasteiger partial charge in [0.2, 0.25) is 15.9 Å². The quantitative estimate of drug-likeness (QED) is 0.545. The summed E-state index contributed by atoms with van der Waals surface area (Å²) in [6.07, 6.45) is 3.18. The molecule has 1 saturated heterocycles. The molecule has 0 bridgehead atoms. The number of hydrogen-bond donors (Lipinski definition) is 1. The second kappa shape index (κ2) is 10.9. The highest BCUT2D eigenvalue weighted by Gasteiger charge is 2.40. The maximum absolute atomic E-state index is 13.1. The van der Waals surface area contributed by atoms with Crippen molar-refractivity contribution in [2.24, 2.45) is 17.8 Å². The second-order valence-electron chi connectivity index (χ2n) is 8.55. The number of methoxy groups -OCH3 is 1. The van der Waals surface area contributed by atoms with Crippen LogP contribution >= 0.6 is 0 Å². The average Bonchev–Trinajstić information content (AvgIpc) is 2.73. The van der Waals surface area contributed by atoms with Gasteiger partial charge in [-0.15, -0.1) is 0 Å². The van der Waals surface area contributed by atoms with E-state index in [2.05, 4.69) is 0 Å². The van der Waals surface area contributed by atoms with E-state index in [1.165, 1.54) is 26.3 Å². The van der Waals surface area contributed by atoms with Gasteiger partial charge in [-0.25, -0.2) is 12.7 Å².